The van der Waals surface area contributed by atoms with Gasteiger partial charge in [-0.1, -0.05) is 71.4 Å². The molecule has 0 spiro atoms. The number of ether oxygens (including phenoxy) is 3. The van der Waals surface area contributed by atoms with Crippen molar-refractivity contribution in [1.29, 1.82) is 5.26 Å². The van der Waals surface area contributed by atoms with Crippen LogP contribution in [-0.2, 0) is 35.1 Å². The molecule has 1 saturated carbocycles. The molecule has 2 atom stereocenters. The number of hydroxylamine groups is 2. The van der Waals surface area contributed by atoms with E-state index in [9.17, 15) is 24.4 Å². The third-order valence-corrected chi connectivity index (χ3v) is 10.0. The molecule has 2 heterocycles. The minimum absolute atomic E-state index is 0.0250. The molecule has 2 aromatic heterocycles. The number of unbranched alkanes of at least 4 members (excludes halogenated alkanes) is 3. The van der Waals surface area contributed by atoms with Crippen molar-refractivity contribution in [1.82, 2.24) is 19.7 Å². The van der Waals surface area contributed by atoms with Crippen molar-refractivity contribution in [3.8, 4) is 17.5 Å². The molecule has 1 aliphatic carbocycles. The fourth-order valence-electron chi connectivity index (χ4n) is 7.51. The second kappa shape index (κ2) is 19.4. The third kappa shape index (κ3) is 10.3. The Bertz CT molecular complexity index is 1750. The van der Waals surface area contributed by atoms with E-state index in [1.165, 1.54) is 4.52 Å². The van der Waals surface area contributed by atoms with Crippen LogP contribution in [0, 0.1) is 36.0 Å². The van der Waals surface area contributed by atoms with Gasteiger partial charge in [0, 0.05) is 5.56 Å². The van der Waals surface area contributed by atoms with Gasteiger partial charge in [-0.15, -0.1) is 5.06 Å². The van der Waals surface area contributed by atoms with Gasteiger partial charge in [-0.3, -0.25) is 14.7 Å². The number of aromatic amines is 1. The molecule has 1 N–H and O–H groups in total. The van der Waals surface area contributed by atoms with Gasteiger partial charge in [-0.05, 0) is 80.9 Å². The average Bonchev–Trinajstić information content (AvgIpc) is 3.69. The number of hydrogen-bond donors (Lipinski definition) is 1. The van der Waals surface area contributed by atoms with Crippen LogP contribution >= 0.6 is 0 Å². The molecule has 2 unspecified atom stereocenters. The number of nitrogens with zero attached hydrogens (tertiary/aromatic N) is 4. The number of aryl methyl sites for hydroxylation is 2. The molecule has 4 rings (SSSR count). The molecule has 3 aromatic rings. The summed E-state index contributed by atoms with van der Waals surface area (Å²) in [4.78, 5) is 63.2. The van der Waals surface area contributed by atoms with E-state index in [1.807, 2.05) is 25.1 Å². The summed E-state index contributed by atoms with van der Waals surface area (Å²) in [7, 11) is 2.31. The minimum Gasteiger partial charge on any atom is -0.468 e. The molecule has 53 heavy (non-hydrogen) atoms. The van der Waals surface area contributed by atoms with Gasteiger partial charge in [0.25, 0.3) is 0 Å². The standard InChI is InChI=1S/C40H55N5O8/c1-8-11-14-27-17-25(4)20-30(21-27)37-42-38-34(39(48)52-36-28(15-12-9-2)18-26(5)19-29(36)16-13-10-3)31(22-41)35(45(38)43-37)40(49)53-44(23-32(46)50-6)24-33(47)51-7/h17,20-21,26,28-29,36H,8-16,18-19,23-24H2,1-7H3,(H,42,43). The lowest BCUT2D eigenvalue weighted by molar-refractivity contribution is -0.167. The van der Waals surface area contributed by atoms with Gasteiger partial charge < -0.3 is 19.0 Å². The first-order valence-electron chi connectivity index (χ1n) is 18.9. The van der Waals surface area contributed by atoms with Crippen molar-refractivity contribution >= 4 is 29.5 Å². The Morgan fingerprint density at radius 3 is 2.08 bits per heavy atom. The maximum Gasteiger partial charge on any atom is 0.377 e. The second-order valence-electron chi connectivity index (χ2n) is 14.3. The lowest BCUT2D eigenvalue weighted by Crippen LogP contribution is -2.40. The highest BCUT2D eigenvalue weighted by Crippen LogP contribution is 2.41. The maximum absolute atomic E-state index is 14.5. The lowest BCUT2D eigenvalue weighted by atomic mass is 9.70. The van der Waals surface area contributed by atoms with Crippen LogP contribution < -0.4 is 0 Å². The van der Waals surface area contributed by atoms with Gasteiger partial charge in [-0.2, -0.15) is 5.26 Å². The Morgan fingerprint density at radius 2 is 1.53 bits per heavy atom. The average molecular weight is 734 g/mol. The van der Waals surface area contributed by atoms with Crippen LogP contribution in [-0.4, -0.2) is 77.0 Å². The zero-order chi connectivity index (χ0) is 38.7. The number of H-pyrrole nitrogens is 1. The van der Waals surface area contributed by atoms with Crippen LogP contribution in [0.3, 0.4) is 0 Å². The van der Waals surface area contributed by atoms with Crippen LogP contribution in [0.4, 0.5) is 0 Å². The van der Waals surface area contributed by atoms with Crippen molar-refractivity contribution < 1.29 is 38.2 Å². The summed E-state index contributed by atoms with van der Waals surface area (Å²) >= 11 is 0. The summed E-state index contributed by atoms with van der Waals surface area (Å²) in [6, 6.07) is 8.10. The van der Waals surface area contributed by atoms with E-state index in [-0.39, 0.29) is 40.4 Å². The maximum atomic E-state index is 14.5. The number of benzene rings is 1. The molecular formula is C40H55N5O8. The Kier molecular flexibility index (Phi) is 15.0. The summed E-state index contributed by atoms with van der Waals surface area (Å²) < 4.78 is 17.1. The predicted octanol–water partition coefficient (Wildman–Crippen LogP) is 7.14. The molecule has 0 aliphatic heterocycles. The summed E-state index contributed by atoms with van der Waals surface area (Å²) in [5.41, 5.74) is 2.09. The zero-order valence-electron chi connectivity index (χ0n) is 32.3. The molecule has 0 radical (unpaired) electrons. The number of aromatic nitrogens is 3. The van der Waals surface area contributed by atoms with Crippen LogP contribution in [0.25, 0.3) is 17.0 Å². The number of rotatable bonds is 18. The van der Waals surface area contributed by atoms with Gasteiger partial charge in [0.2, 0.25) is 0 Å². The topological polar surface area (TPSA) is 165 Å². The van der Waals surface area contributed by atoms with Crippen molar-refractivity contribution in [2.45, 2.75) is 111 Å². The number of nitriles is 1. The number of esters is 3. The molecule has 1 aliphatic rings. The van der Waals surface area contributed by atoms with Gasteiger partial charge >= 0.3 is 23.9 Å². The molecule has 0 bridgehead atoms. The monoisotopic (exact) mass is 733 g/mol. The Morgan fingerprint density at radius 1 is 0.925 bits per heavy atom. The number of carbonyl (C=O) groups is 4. The fraction of sp³-hybridized carbons (Fsp3) is 0.600. The molecule has 0 amide bonds. The van der Waals surface area contributed by atoms with E-state index in [2.05, 4.69) is 38.9 Å². The minimum atomic E-state index is -1.11. The number of hydrogen-bond acceptors (Lipinski definition) is 11. The van der Waals surface area contributed by atoms with E-state index < -0.39 is 37.0 Å². The van der Waals surface area contributed by atoms with Gasteiger partial charge in [0.1, 0.15) is 36.4 Å². The Labute approximate surface area is 312 Å². The van der Waals surface area contributed by atoms with Crippen LogP contribution in [0.2, 0.25) is 0 Å². The van der Waals surface area contributed by atoms with Gasteiger partial charge in [-0.25, -0.2) is 19.1 Å². The first-order chi connectivity index (χ1) is 25.5. The molecule has 1 fully saturated rings. The van der Waals surface area contributed by atoms with Gasteiger partial charge in [0.15, 0.2) is 17.2 Å². The molecule has 1 aromatic carbocycles. The fourth-order valence-corrected chi connectivity index (χ4v) is 7.51. The second-order valence-corrected chi connectivity index (χ2v) is 14.3. The van der Waals surface area contributed by atoms with Crippen molar-refractivity contribution in [2.75, 3.05) is 27.3 Å². The number of nitrogens with one attached hydrogen (secondary N) is 1. The van der Waals surface area contributed by atoms with Gasteiger partial charge in [0.05, 0.1) is 14.2 Å². The van der Waals surface area contributed by atoms with E-state index in [1.54, 1.807) is 0 Å². The van der Waals surface area contributed by atoms with Crippen molar-refractivity contribution in [3.05, 3.63) is 46.1 Å². The smallest absolute Gasteiger partial charge is 0.377 e. The van der Waals surface area contributed by atoms with E-state index >= 15 is 0 Å². The summed E-state index contributed by atoms with van der Waals surface area (Å²) in [6.45, 7) is 9.47. The van der Waals surface area contributed by atoms with Crippen molar-refractivity contribution in [2.24, 2.45) is 17.8 Å². The molecule has 13 nitrogen and oxygen atoms in total. The summed E-state index contributed by atoms with van der Waals surface area (Å²) in [6.07, 6.45) is 10.3. The van der Waals surface area contributed by atoms with E-state index in [4.69, 9.17) is 24.0 Å². The highest BCUT2D eigenvalue weighted by atomic mass is 16.7. The molecule has 13 heteroatoms. The highest BCUT2D eigenvalue weighted by molar-refractivity contribution is 6.05. The SMILES string of the molecule is CCCCc1cc(C)cc(-c2nc3c(C(=O)OC4C(CCCC)CC(C)CC4CCCC)c(C#N)c(C(=O)ON(CC(=O)OC)CC(=O)OC)n3[nH]2)c1. The number of fused-ring (bicyclic) bond motifs is 1. The molecule has 0 saturated heterocycles. The third-order valence-electron chi connectivity index (χ3n) is 10.0. The van der Waals surface area contributed by atoms with E-state index in [0.29, 0.717) is 11.7 Å². The summed E-state index contributed by atoms with van der Waals surface area (Å²) in [5.74, 6) is -2.25. The van der Waals surface area contributed by atoms with Crippen LogP contribution in [0.5, 0.6) is 0 Å². The molecule has 288 valence electrons. The summed E-state index contributed by atoms with van der Waals surface area (Å²) in [5, 5.41) is 14.5. The zero-order valence-corrected chi connectivity index (χ0v) is 32.3. The number of carbonyl (C=O) groups excluding carboxylic acids is 4. The number of methoxy groups -OCH3 is 2. The van der Waals surface area contributed by atoms with Crippen LogP contribution in [0.15, 0.2) is 18.2 Å². The quantitative estimate of drug-likeness (QED) is 0.0802. The van der Waals surface area contributed by atoms with Crippen molar-refractivity contribution in [3.63, 3.8) is 0 Å². The Balaban J connectivity index is 1.86. The first-order valence-corrected chi connectivity index (χ1v) is 18.9. The Hall–Kier alpha value is -4.70. The molecular weight excluding hydrogens is 678 g/mol. The van der Waals surface area contributed by atoms with E-state index in [0.717, 1.165) is 107 Å². The highest BCUT2D eigenvalue weighted by Gasteiger charge is 2.41. The van der Waals surface area contributed by atoms with Crippen LogP contribution in [0.1, 0.15) is 129 Å². The first kappa shape index (κ1) is 41.1. The largest absolute Gasteiger partial charge is 0.468 e. The normalized spacial score (nSPS) is 18.5. The lowest BCUT2D eigenvalue weighted by Gasteiger charge is -2.40. The predicted molar refractivity (Wildman–Crippen MR) is 198 cm³/mol.